The van der Waals surface area contributed by atoms with Crippen LogP contribution in [0.15, 0.2) is 0 Å². The Labute approximate surface area is 111 Å². The molecule has 18 heavy (non-hydrogen) atoms. The number of nitrogens with two attached hydrogens (primary N) is 1. The van der Waals surface area contributed by atoms with Crippen LogP contribution < -0.4 is 5.73 Å². The lowest BCUT2D eigenvalue weighted by Crippen LogP contribution is -2.46. The summed E-state index contributed by atoms with van der Waals surface area (Å²) in [6, 6.07) is 0. The zero-order chi connectivity index (χ0) is 13.9. The van der Waals surface area contributed by atoms with Crippen molar-refractivity contribution in [1.29, 1.82) is 0 Å². The molecule has 4 nitrogen and oxygen atoms in total. The highest BCUT2D eigenvalue weighted by Crippen LogP contribution is 2.41. The Morgan fingerprint density at radius 1 is 1.17 bits per heavy atom. The molecule has 0 heterocycles. The van der Waals surface area contributed by atoms with Gasteiger partial charge in [-0.2, -0.15) is 0 Å². The van der Waals surface area contributed by atoms with Gasteiger partial charge in [0.15, 0.2) is 9.84 Å². The molecule has 1 rings (SSSR count). The topological polar surface area (TPSA) is 69.4 Å². The van der Waals surface area contributed by atoms with Gasteiger partial charge in [-0.25, -0.2) is 8.42 Å². The van der Waals surface area contributed by atoms with Crippen molar-refractivity contribution in [2.24, 2.45) is 11.1 Å². The molecule has 0 unspecified atom stereocenters. The van der Waals surface area contributed by atoms with Crippen molar-refractivity contribution < 1.29 is 13.2 Å². The average Bonchev–Trinajstić information content (AvgIpc) is 2.32. The standard InChI is InChI=1S/C13H27NO3S/c1-4-18(15,16)10-9-17-13(11-14)7-5-12(2,3)6-8-13/h4-11,14H2,1-3H3. The van der Waals surface area contributed by atoms with Gasteiger partial charge >= 0.3 is 0 Å². The Hall–Kier alpha value is -0.130. The molecule has 0 spiro atoms. The second-order valence-electron chi connectivity index (χ2n) is 6.14. The Bertz CT molecular complexity index is 352. The largest absolute Gasteiger partial charge is 0.373 e. The summed E-state index contributed by atoms with van der Waals surface area (Å²) in [4.78, 5) is 0. The third-order valence-electron chi connectivity index (χ3n) is 4.13. The van der Waals surface area contributed by atoms with Gasteiger partial charge in [0.05, 0.1) is 18.0 Å². The van der Waals surface area contributed by atoms with E-state index in [1.54, 1.807) is 6.92 Å². The molecule has 2 N–H and O–H groups in total. The van der Waals surface area contributed by atoms with E-state index in [9.17, 15) is 8.42 Å². The van der Waals surface area contributed by atoms with Crippen LogP contribution in [0.1, 0.15) is 46.5 Å². The summed E-state index contributed by atoms with van der Waals surface area (Å²) in [5, 5.41) is 0. The highest BCUT2D eigenvalue weighted by atomic mass is 32.2. The van der Waals surface area contributed by atoms with Gasteiger partial charge < -0.3 is 10.5 Å². The van der Waals surface area contributed by atoms with E-state index in [1.807, 2.05) is 0 Å². The van der Waals surface area contributed by atoms with Crippen molar-refractivity contribution in [3.8, 4) is 0 Å². The number of sulfone groups is 1. The summed E-state index contributed by atoms with van der Waals surface area (Å²) in [5.41, 5.74) is 5.90. The third kappa shape index (κ3) is 4.52. The van der Waals surface area contributed by atoms with E-state index in [2.05, 4.69) is 13.8 Å². The molecular formula is C13H27NO3S. The van der Waals surface area contributed by atoms with E-state index < -0.39 is 9.84 Å². The SMILES string of the molecule is CCS(=O)(=O)CCOC1(CN)CCC(C)(C)CC1. The first kappa shape index (κ1) is 15.9. The minimum atomic E-state index is -2.94. The molecule has 0 saturated heterocycles. The van der Waals surface area contributed by atoms with Crippen LogP contribution in [0.4, 0.5) is 0 Å². The molecule has 1 saturated carbocycles. The zero-order valence-electron chi connectivity index (χ0n) is 11.9. The Kier molecular flexibility index (Phi) is 5.21. The van der Waals surface area contributed by atoms with Gasteiger partial charge in [-0.1, -0.05) is 20.8 Å². The third-order valence-corrected chi connectivity index (χ3v) is 5.80. The second kappa shape index (κ2) is 5.88. The Balaban J connectivity index is 2.48. The fraction of sp³-hybridized carbons (Fsp3) is 1.00. The second-order valence-corrected chi connectivity index (χ2v) is 8.61. The summed E-state index contributed by atoms with van der Waals surface area (Å²) < 4.78 is 28.7. The van der Waals surface area contributed by atoms with Crippen LogP contribution in [-0.4, -0.2) is 38.7 Å². The first-order chi connectivity index (χ1) is 8.24. The van der Waals surface area contributed by atoms with Gasteiger partial charge in [0.1, 0.15) is 0 Å². The number of ether oxygens (including phenoxy) is 1. The highest BCUT2D eigenvalue weighted by molar-refractivity contribution is 7.91. The van der Waals surface area contributed by atoms with Gasteiger partial charge in [-0.05, 0) is 31.1 Å². The highest BCUT2D eigenvalue weighted by Gasteiger charge is 2.38. The fourth-order valence-corrected chi connectivity index (χ4v) is 2.95. The summed E-state index contributed by atoms with van der Waals surface area (Å²) in [6.45, 7) is 6.93. The summed E-state index contributed by atoms with van der Waals surface area (Å²) in [5.74, 6) is 0.285. The van der Waals surface area contributed by atoms with Crippen molar-refractivity contribution in [3.05, 3.63) is 0 Å². The molecule has 0 radical (unpaired) electrons. The van der Waals surface area contributed by atoms with Crippen LogP contribution in [0.3, 0.4) is 0 Å². The molecule has 0 aliphatic heterocycles. The first-order valence-corrected chi connectivity index (χ1v) is 8.61. The van der Waals surface area contributed by atoms with E-state index >= 15 is 0 Å². The molecule has 1 fully saturated rings. The lowest BCUT2D eigenvalue weighted by molar-refractivity contribution is -0.0753. The van der Waals surface area contributed by atoms with Gasteiger partial charge in [0, 0.05) is 12.3 Å². The summed E-state index contributed by atoms with van der Waals surface area (Å²) in [7, 11) is -2.94. The van der Waals surface area contributed by atoms with E-state index in [1.165, 1.54) is 0 Å². The predicted octanol–water partition coefficient (Wildman–Crippen LogP) is 1.74. The molecule has 108 valence electrons. The van der Waals surface area contributed by atoms with Crippen molar-refractivity contribution in [2.75, 3.05) is 24.7 Å². The Morgan fingerprint density at radius 2 is 1.72 bits per heavy atom. The van der Waals surface area contributed by atoms with E-state index in [-0.39, 0.29) is 23.7 Å². The maximum atomic E-state index is 11.4. The summed E-state index contributed by atoms with van der Waals surface area (Å²) in [6.07, 6.45) is 4.04. The van der Waals surface area contributed by atoms with Gasteiger partial charge in [-0.3, -0.25) is 0 Å². The van der Waals surface area contributed by atoms with E-state index in [4.69, 9.17) is 10.5 Å². The molecule has 0 bridgehead atoms. The minimum Gasteiger partial charge on any atom is -0.373 e. The van der Waals surface area contributed by atoms with Crippen LogP contribution in [0, 0.1) is 5.41 Å². The Morgan fingerprint density at radius 3 is 2.17 bits per heavy atom. The zero-order valence-corrected chi connectivity index (χ0v) is 12.7. The van der Waals surface area contributed by atoms with Crippen molar-refractivity contribution >= 4 is 9.84 Å². The van der Waals surface area contributed by atoms with Gasteiger partial charge in [-0.15, -0.1) is 0 Å². The maximum absolute atomic E-state index is 11.4. The molecule has 0 aromatic heterocycles. The number of rotatable bonds is 6. The molecule has 1 aliphatic rings. The van der Waals surface area contributed by atoms with Crippen LogP contribution in [0.25, 0.3) is 0 Å². The van der Waals surface area contributed by atoms with Gasteiger partial charge in [0.2, 0.25) is 0 Å². The smallest absolute Gasteiger partial charge is 0.152 e. The molecule has 0 atom stereocenters. The van der Waals surface area contributed by atoms with Crippen molar-refractivity contribution in [1.82, 2.24) is 0 Å². The predicted molar refractivity (Wildman–Crippen MR) is 74.3 cm³/mol. The average molecular weight is 277 g/mol. The molecule has 0 amide bonds. The number of hydrogen-bond donors (Lipinski definition) is 1. The fourth-order valence-electron chi connectivity index (χ4n) is 2.32. The molecule has 1 aliphatic carbocycles. The van der Waals surface area contributed by atoms with Crippen LogP contribution in [0.2, 0.25) is 0 Å². The van der Waals surface area contributed by atoms with Crippen molar-refractivity contribution in [3.63, 3.8) is 0 Å². The number of hydrogen-bond acceptors (Lipinski definition) is 4. The molecule has 0 aromatic rings. The normalized spacial score (nSPS) is 22.9. The monoisotopic (exact) mass is 277 g/mol. The van der Waals surface area contributed by atoms with Crippen LogP contribution >= 0.6 is 0 Å². The van der Waals surface area contributed by atoms with Crippen LogP contribution in [0.5, 0.6) is 0 Å². The van der Waals surface area contributed by atoms with E-state index in [0.29, 0.717) is 12.0 Å². The maximum Gasteiger partial charge on any atom is 0.152 e. The molecule has 0 aromatic carbocycles. The quantitative estimate of drug-likeness (QED) is 0.803. The first-order valence-electron chi connectivity index (χ1n) is 6.79. The molecule has 5 heteroatoms. The summed E-state index contributed by atoms with van der Waals surface area (Å²) >= 11 is 0. The van der Waals surface area contributed by atoms with Gasteiger partial charge in [0.25, 0.3) is 0 Å². The lowest BCUT2D eigenvalue weighted by Gasteiger charge is -2.42. The lowest BCUT2D eigenvalue weighted by atomic mass is 9.71. The van der Waals surface area contributed by atoms with Crippen molar-refractivity contribution in [2.45, 2.75) is 52.1 Å². The van der Waals surface area contributed by atoms with E-state index in [0.717, 1.165) is 25.7 Å². The minimum absolute atomic E-state index is 0.106. The molecular weight excluding hydrogens is 250 g/mol. The van der Waals surface area contributed by atoms with Crippen LogP contribution in [-0.2, 0) is 14.6 Å².